The van der Waals surface area contributed by atoms with Crippen molar-refractivity contribution in [3.63, 3.8) is 0 Å². The molecule has 2 rings (SSSR count). The third-order valence-electron chi connectivity index (χ3n) is 2.46. The molecule has 2 N–H and O–H groups in total. The van der Waals surface area contributed by atoms with Crippen molar-refractivity contribution in [2.45, 2.75) is 6.61 Å². The summed E-state index contributed by atoms with van der Waals surface area (Å²) in [6, 6.07) is 15.0. The summed E-state index contributed by atoms with van der Waals surface area (Å²) in [4.78, 5) is 10.7. The summed E-state index contributed by atoms with van der Waals surface area (Å²) in [6.45, 7) is 0.438. The van der Waals surface area contributed by atoms with E-state index in [4.69, 9.17) is 10.5 Å². The Labute approximate surface area is 99.8 Å². The van der Waals surface area contributed by atoms with Crippen molar-refractivity contribution in [1.29, 1.82) is 0 Å². The van der Waals surface area contributed by atoms with Gasteiger partial charge in [0.1, 0.15) is 12.4 Å². The van der Waals surface area contributed by atoms with Crippen LogP contribution in [0.2, 0.25) is 0 Å². The van der Waals surface area contributed by atoms with E-state index in [1.807, 2.05) is 30.3 Å². The second-order valence-electron chi connectivity index (χ2n) is 3.65. The monoisotopic (exact) mass is 227 g/mol. The van der Waals surface area contributed by atoms with Gasteiger partial charge >= 0.3 is 0 Å². The molecule has 0 amide bonds. The fraction of sp³-hybridized carbons (Fsp3) is 0.0714. The number of ether oxygens (including phenoxy) is 1. The number of carbonyl (C=O) groups excluding carboxylic acids is 1. The Bertz CT molecular complexity index is 509. The molecule has 2 aromatic rings. The molecule has 86 valence electrons. The zero-order chi connectivity index (χ0) is 12.1. The molecule has 0 spiro atoms. The third kappa shape index (κ3) is 2.64. The van der Waals surface area contributed by atoms with Crippen molar-refractivity contribution in [2.24, 2.45) is 0 Å². The van der Waals surface area contributed by atoms with Crippen LogP contribution in [0.1, 0.15) is 15.9 Å². The van der Waals surface area contributed by atoms with E-state index in [9.17, 15) is 4.79 Å². The van der Waals surface area contributed by atoms with Gasteiger partial charge in [0.2, 0.25) is 0 Å². The Balaban J connectivity index is 2.12. The van der Waals surface area contributed by atoms with Crippen LogP contribution in [0, 0.1) is 0 Å². The number of anilines is 1. The van der Waals surface area contributed by atoms with Crippen LogP contribution < -0.4 is 10.5 Å². The average Bonchev–Trinajstić information content (AvgIpc) is 2.39. The number of rotatable bonds is 4. The number of aldehydes is 1. The zero-order valence-electron chi connectivity index (χ0n) is 9.30. The Kier molecular flexibility index (Phi) is 3.40. The molecule has 0 saturated carbocycles. The Hall–Kier alpha value is -2.29. The fourth-order valence-electron chi connectivity index (χ4n) is 1.52. The fourth-order valence-corrected chi connectivity index (χ4v) is 1.52. The first-order valence-corrected chi connectivity index (χ1v) is 5.31. The minimum Gasteiger partial charge on any atom is -0.487 e. The lowest BCUT2D eigenvalue weighted by Crippen LogP contribution is -2.01. The SMILES string of the molecule is Nc1c(C=O)cccc1OCc1ccccc1. The molecule has 17 heavy (non-hydrogen) atoms. The molecule has 3 nitrogen and oxygen atoms in total. The summed E-state index contributed by atoms with van der Waals surface area (Å²) in [5, 5.41) is 0. The van der Waals surface area contributed by atoms with Crippen molar-refractivity contribution in [3.05, 3.63) is 59.7 Å². The summed E-state index contributed by atoms with van der Waals surface area (Å²) < 4.78 is 5.58. The molecule has 0 atom stereocenters. The van der Waals surface area contributed by atoms with E-state index in [0.29, 0.717) is 23.6 Å². The Morgan fingerprint density at radius 2 is 1.82 bits per heavy atom. The van der Waals surface area contributed by atoms with Gasteiger partial charge in [0, 0.05) is 5.56 Å². The average molecular weight is 227 g/mol. The third-order valence-corrected chi connectivity index (χ3v) is 2.46. The number of hydrogen-bond donors (Lipinski definition) is 1. The topological polar surface area (TPSA) is 52.3 Å². The number of hydrogen-bond acceptors (Lipinski definition) is 3. The van der Waals surface area contributed by atoms with Crippen molar-refractivity contribution in [3.8, 4) is 5.75 Å². The highest BCUT2D eigenvalue weighted by Gasteiger charge is 2.04. The molecule has 0 saturated heterocycles. The molecule has 0 fully saturated rings. The van der Waals surface area contributed by atoms with E-state index in [1.54, 1.807) is 18.2 Å². The van der Waals surface area contributed by atoms with Gasteiger partial charge in [0.05, 0.1) is 5.69 Å². The molecule has 0 radical (unpaired) electrons. The molecule has 0 heterocycles. The lowest BCUT2D eigenvalue weighted by Gasteiger charge is -2.09. The first-order chi connectivity index (χ1) is 8.31. The van der Waals surface area contributed by atoms with Gasteiger partial charge in [0.25, 0.3) is 0 Å². The van der Waals surface area contributed by atoms with E-state index in [0.717, 1.165) is 11.8 Å². The molecule has 0 unspecified atom stereocenters. The van der Waals surface area contributed by atoms with Crippen LogP contribution in [0.25, 0.3) is 0 Å². The molecule has 2 aromatic carbocycles. The van der Waals surface area contributed by atoms with E-state index < -0.39 is 0 Å². The van der Waals surface area contributed by atoms with Crippen LogP contribution in [-0.4, -0.2) is 6.29 Å². The highest BCUT2D eigenvalue weighted by Crippen LogP contribution is 2.24. The number of carbonyl (C=O) groups is 1. The summed E-state index contributed by atoms with van der Waals surface area (Å²) in [5.74, 6) is 0.540. The van der Waals surface area contributed by atoms with Crippen LogP contribution >= 0.6 is 0 Å². The van der Waals surface area contributed by atoms with Gasteiger partial charge in [-0.05, 0) is 17.7 Å². The molecule has 0 aliphatic heterocycles. The second-order valence-corrected chi connectivity index (χ2v) is 3.65. The largest absolute Gasteiger partial charge is 0.487 e. The number of benzene rings is 2. The maximum Gasteiger partial charge on any atom is 0.152 e. The Morgan fingerprint density at radius 1 is 1.06 bits per heavy atom. The minimum atomic E-state index is 0.387. The predicted molar refractivity (Wildman–Crippen MR) is 67.0 cm³/mol. The van der Waals surface area contributed by atoms with E-state index in [2.05, 4.69) is 0 Å². The lowest BCUT2D eigenvalue weighted by molar-refractivity contribution is 0.112. The van der Waals surface area contributed by atoms with E-state index in [-0.39, 0.29) is 0 Å². The zero-order valence-corrected chi connectivity index (χ0v) is 9.30. The van der Waals surface area contributed by atoms with Gasteiger partial charge in [0.15, 0.2) is 6.29 Å². The maximum absolute atomic E-state index is 10.7. The van der Waals surface area contributed by atoms with Gasteiger partial charge in [-0.2, -0.15) is 0 Å². The highest BCUT2D eigenvalue weighted by molar-refractivity contribution is 5.85. The lowest BCUT2D eigenvalue weighted by atomic mass is 10.2. The minimum absolute atomic E-state index is 0.387. The first kappa shape index (κ1) is 11.2. The number of nitrogens with two attached hydrogens (primary N) is 1. The van der Waals surface area contributed by atoms with E-state index in [1.165, 1.54) is 0 Å². The van der Waals surface area contributed by atoms with Crippen molar-refractivity contribution in [2.75, 3.05) is 5.73 Å². The van der Waals surface area contributed by atoms with Gasteiger partial charge in [-0.3, -0.25) is 4.79 Å². The van der Waals surface area contributed by atoms with Crippen LogP contribution in [0.4, 0.5) is 5.69 Å². The number of nitrogen functional groups attached to an aromatic ring is 1. The standard InChI is InChI=1S/C14H13NO2/c15-14-12(9-16)7-4-8-13(14)17-10-11-5-2-1-3-6-11/h1-9H,10,15H2. The molecular weight excluding hydrogens is 214 g/mol. The summed E-state index contributed by atoms with van der Waals surface area (Å²) >= 11 is 0. The molecule has 0 aromatic heterocycles. The maximum atomic E-state index is 10.7. The molecule has 3 heteroatoms. The molecular formula is C14H13NO2. The van der Waals surface area contributed by atoms with Gasteiger partial charge in [-0.15, -0.1) is 0 Å². The van der Waals surface area contributed by atoms with E-state index >= 15 is 0 Å². The Morgan fingerprint density at radius 3 is 2.53 bits per heavy atom. The van der Waals surface area contributed by atoms with Gasteiger partial charge < -0.3 is 10.5 Å². The van der Waals surface area contributed by atoms with Crippen molar-refractivity contribution in [1.82, 2.24) is 0 Å². The van der Waals surface area contributed by atoms with Crippen LogP contribution in [0.5, 0.6) is 5.75 Å². The predicted octanol–water partition coefficient (Wildman–Crippen LogP) is 2.66. The summed E-state index contributed by atoms with van der Waals surface area (Å²) in [6.07, 6.45) is 0.727. The van der Waals surface area contributed by atoms with Gasteiger partial charge in [-0.25, -0.2) is 0 Å². The van der Waals surface area contributed by atoms with Crippen molar-refractivity contribution >= 4 is 12.0 Å². The smallest absolute Gasteiger partial charge is 0.152 e. The second kappa shape index (κ2) is 5.16. The molecule has 0 aliphatic carbocycles. The normalized spacial score (nSPS) is 9.88. The highest BCUT2D eigenvalue weighted by atomic mass is 16.5. The van der Waals surface area contributed by atoms with Crippen LogP contribution in [0.3, 0.4) is 0 Å². The summed E-state index contributed by atoms with van der Waals surface area (Å²) in [5.41, 5.74) is 7.70. The molecule has 0 aliphatic rings. The van der Waals surface area contributed by atoms with Crippen molar-refractivity contribution < 1.29 is 9.53 Å². The van der Waals surface area contributed by atoms with Crippen LogP contribution in [0.15, 0.2) is 48.5 Å². The van der Waals surface area contributed by atoms with Gasteiger partial charge in [-0.1, -0.05) is 36.4 Å². The number of para-hydroxylation sites is 1. The quantitative estimate of drug-likeness (QED) is 0.645. The molecule has 0 bridgehead atoms. The summed E-state index contributed by atoms with van der Waals surface area (Å²) in [7, 11) is 0. The first-order valence-electron chi connectivity index (χ1n) is 5.31. The van der Waals surface area contributed by atoms with Crippen LogP contribution in [-0.2, 0) is 6.61 Å².